The predicted molar refractivity (Wildman–Crippen MR) is 129 cm³/mol. The summed E-state index contributed by atoms with van der Waals surface area (Å²) in [6, 6.07) is 8.42. The highest BCUT2D eigenvalue weighted by Gasteiger charge is 2.52. The van der Waals surface area contributed by atoms with Gasteiger partial charge in [0.2, 0.25) is 5.91 Å². The van der Waals surface area contributed by atoms with Crippen LogP contribution in [0.3, 0.4) is 0 Å². The molecule has 4 aliphatic rings. The van der Waals surface area contributed by atoms with Gasteiger partial charge in [0.25, 0.3) is 0 Å². The number of benzene rings is 1. The number of rotatable bonds is 4. The fourth-order valence-electron chi connectivity index (χ4n) is 6.39. The van der Waals surface area contributed by atoms with E-state index in [1.165, 1.54) is 16.2 Å². The van der Waals surface area contributed by atoms with Crippen molar-refractivity contribution in [1.29, 1.82) is 0 Å². The molecule has 198 valence electrons. The van der Waals surface area contributed by atoms with Crippen LogP contribution in [0, 0.1) is 5.41 Å². The van der Waals surface area contributed by atoms with Gasteiger partial charge in [0.15, 0.2) is 6.10 Å². The van der Waals surface area contributed by atoms with Crippen molar-refractivity contribution in [2.45, 2.75) is 63.9 Å². The van der Waals surface area contributed by atoms with Crippen LogP contribution in [-0.4, -0.2) is 90.3 Å². The lowest BCUT2D eigenvalue weighted by molar-refractivity contribution is -0.202. The minimum Gasteiger partial charge on any atom is -0.437 e. The third kappa shape index (κ3) is 4.64. The number of ether oxygens (including phenoxy) is 1. The summed E-state index contributed by atoms with van der Waals surface area (Å²) in [6.45, 7) is 8.47. The van der Waals surface area contributed by atoms with E-state index in [2.05, 4.69) is 32.7 Å². The van der Waals surface area contributed by atoms with Gasteiger partial charge in [-0.05, 0) is 44.4 Å². The second kappa shape index (κ2) is 9.11. The lowest BCUT2D eigenvalue weighted by Crippen LogP contribution is -2.72. The van der Waals surface area contributed by atoms with Crippen molar-refractivity contribution in [2.24, 2.45) is 5.41 Å². The molecule has 0 radical (unpaired) electrons. The summed E-state index contributed by atoms with van der Waals surface area (Å²) in [4.78, 5) is 32.2. The summed E-state index contributed by atoms with van der Waals surface area (Å²) >= 11 is 0. The monoisotopic (exact) mass is 508 g/mol. The van der Waals surface area contributed by atoms with E-state index in [4.69, 9.17) is 0 Å². The van der Waals surface area contributed by atoms with Crippen LogP contribution in [0.25, 0.3) is 0 Å². The van der Waals surface area contributed by atoms with E-state index in [1.54, 1.807) is 6.92 Å². The first-order valence-electron chi connectivity index (χ1n) is 12.9. The first kappa shape index (κ1) is 25.2. The molecule has 2 spiro atoms. The van der Waals surface area contributed by atoms with Gasteiger partial charge in [0.1, 0.15) is 0 Å². The molecule has 0 bridgehead atoms. The van der Waals surface area contributed by atoms with Crippen LogP contribution >= 0.6 is 0 Å². The minimum absolute atomic E-state index is 0.140. The second-order valence-corrected chi connectivity index (χ2v) is 11.2. The first-order valence-corrected chi connectivity index (χ1v) is 12.9. The van der Waals surface area contributed by atoms with Gasteiger partial charge in [-0.25, -0.2) is 4.79 Å². The molecule has 4 saturated heterocycles. The molecular formula is C26H35F3N4O3. The van der Waals surface area contributed by atoms with Gasteiger partial charge < -0.3 is 19.4 Å². The van der Waals surface area contributed by atoms with Gasteiger partial charge in [0.05, 0.1) is 5.54 Å². The molecule has 7 nitrogen and oxygen atoms in total. The molecule has 4 aliphatic heterocycles. The Morgan fingerprint density at radius 1 is 1.00 bits per heavy atom. The number of hydrogen-bond acceptors (Lipinski definition) is 5. The minimum atomic E-state index is -4.56. The zero-order chi connectivity index (χ0) is 25.7. The van der Waals surface area contributed by atoms with E-state index >= 15 is 0 Å². The Morgan fingerprint density at radius 2 is 1.72 bits per heavy atom. The average molecular weight is 509 g/mol. The molecule has 5 rings (SSSR count). The quantitative estimate of drug-likeness (QED) is 0.618. The van der Waals surface area contributed by atoms with Crippen LogP contribution in [0.1, 0.15) is 45.1 Å². The Morgan fingerprint density at radius 3 is 2.42 bits per heavy atom. The number of nitrogens with zero attached hydrogens (tertiary/aromatic N) is 4. The predicted octanol–water partition coefficient (Wildman–Crippen LogP) is 3.87. The van der Waals surface area contributed by atoms with Crippen molar-refractivity contribution in [3.8, 4) is 0 Å². The highest BCUT2D eigenvalue weighted by molar-refractivity contribution is 5.74. The molecule has 1 aromatic carbocycles. The summed E-state index contributed by atoms with van der Waals surface area (Å²) < 4.78 is 43.1. The zero-order valence-corrected chi connectivity index (χ0v) is 21.0. The Hall–Kier alpha value is -2.49. The summed E-state index contributed by atoms with van der Waals surface area (Å²) in [5.74, 6) is 0.140. The summed E-state index contributed by atoms with van der Waals surface area (Å²) in [6.07, 6.45) is -3.46. The highest BCUT2D eigenvalue weighted by Crippen LogP contribution is 2.43. The Balaban J connectivity index is 1.24. The lowest BCUT2D eigenvalue weighted by Gasteiger charge is -2.57. The van der Waals surface area contributed by atoms with E-state index in [0.717, 1.165) is 71.9 Å². The molecular weight excluding hydrogens is 473 g/mol. The van der Waals surface area contributed by atoms with Gasteiger partial charge in [0, 0.05) is 63.8 Å². The van der Waals surface area contributed by atoms with Gasteiger partial charge in [-0.15, -0.1) is 0 Å². The molecule has 2 amide bonds. The van der Waals surface area contributed by atoms with Gasteiger partial charge in [-0.3, -0.25) is 9.69 Å². The van der Waals surface area contributed by atoms with Crippen LogP contribution in [0.5, 0.6) is 0 Å². The Labute approximate surface area is 210 Å². The van der Waals surface area contributed by atoms with Crippen molar-refractivity contribution < 1.29 is 27.5 Å². The summed E-state index contributed by atoms with van der Waals surface area (Å²) in [5.41, 5.74) is 2.41. The molecule has 0 saturated carbocycles. The number of halogens is 3. The molecule has 0 aliphatic carbocycles. The number of anilines is 1. The van der Waals surface area contributed by atoms with Crippen LogP contribution in [0.15, 0.2) is 24.3 Å². The Bertz CT molecular complexity index is 1000. The number of likely N-dealkylation sites (tertiary alicyclic amines) is 3. The molecule has 0 N–H and O–H groups in total. The normalized spacial score (nSPS) is 24.0. The standard InChI is InChI=1S/C26H35F3N4O3/c1-19(26(27,28)29)36-23(35)32-17-25(18-32)9-5-6-11-33(25)13-21-7-3-4-8-22(21)30-12-10-24(14-30)15-31(16-24)20(2)34/h3-4,7-8,19H,5-6,9-18H2,1-2H3. The molecule has 0 aromatic heterocycles. The zero-order valence-electron chi connectivity index (χ0n) is 21.0. The maximum absolute atomic E-state index is 12.8. The third-order valence-corrected chi connectivity index (χ3v) is 8.59. The Kier molecular flexibility index (Phi) is 6.37. The summed E-state index contributed by atoms with van der Waals surface area (Å²) in [5, 5.41) is 0. The number of alkyl halides is 3. The fourth-order valence-corrected chi connectivity index (χ4v) is 6.39. The summed E-state index contributed by atoms with van der Waals surface area (Å²) in [7, 11) is 0. The first-order chi connectivity index (χ1) is 17.0. The maximum Gasteiger partial charge on any atom is 0.425 e. The van der Waals surface area contributed by atoms with Crippen LogP contribution in [0.2, 0.25) is 0 Å². The maximum atomic E-state index is 12.8. The molecule has 1 unspecified atom stereocenters. The third-order valence-electron chi connectivity index (χ3n) is 8.59. The molecule has 1 atom stereocenters. The largest absolute Gasteiger partial charge is 0.437 e. The topological polar surface area (TPSA) is 56.3 Å². The van der Waals surface area contributed by atoms with Gasteiger partial charge in [-0.2, -0.15) is 13.2 Å². The average Bonchev–Trinajstić information content (AvgIpc) is 3.22. The van der Waals surface area contributed by atoms with Crippen molar-refractivity contribution in [3.05, 3.63) is 29.8 Å². The van der Waals surface area contributed by atoms with E-state index in [1.807, 2.05) is 11.0 Å². The number of hydrogen-bond donors (Lipinski definition) is 0. The van der Waals surface area contributed by atoms with Gasteiger partial charge >= 0.3 is 12.3 Å². The van der Waals surface area contributed by atoms with Crippen LogP contribution in [0.4, 0.5) is 23.7 Å². The lowest BCUT2D eigenvalue weighted by atomic mass is 9.79. The number of para-hydroxylation sites is 1. The second-order valence-electron chi connectivity index (χ2n) is 11.2. The van der Waals surface area contributed by atoms with E-state index in [9.17, 15) is 22.8 Å². The number of amides is 2. The van der Waals surface area contributed by atoms with Crippen molar-refractivity contribution in [2.75, 3.05) is 50.7 Å². The van der Waals surface area contributed by atoms with Crippen LogP contribution in [-0.2, 0) is 16.1 Å². The van der Waals surface area contributed by atoms with Crippen molar-refractivity contribution in [1.82, 2.24) is 14.7 Å². The van der Waals surface area contributed by atoms with Crippen molar-refractivity contribution >= 4 is 17.7 Å². The van der Waals surface area contributed by atoms with E-state index in [-0.39, 0.29) is 16.9 Å². The number of piperidine rings is 1. The van der Waals surface area contributed by atoms with E-state index in [0.29, 0.717) is 13.1 Å². The molecule has 4 heterocycles. The molecule has 36 heavy (non-hydrogen) atoms. The molecule has 4 fully saturated rings. The van der Waals surface area contributed by atoms with Crippen molar-refractivity contribution in [3.63, 3.8) is 0 Å². The van der Waals surface area contributed by atoms with E-state index < -0.39 is 18.4 Å². The molecule has 1 aromatic rings. The van der Waals surface area contributed by atoms with Crippen LogP contribution < -0.4 is 4.90 Å². The fraction of sp³-hybridized carbons (Fsp3) is 0.692. The molecule has 10 heteroatoms. The number of carbonyl (C=O) groups is 2. The SMILES string of the molecule is CC(=O)N1CC2(CCN(c3ccccc3CN3CCCCC34CN(C(=O)OC(C)C(F)(F)F)C4)C2)C1. The highest BCUT2D eigenvalue weighted by atomic mass is 19.4. The number of carbonyl (C=O) groups excluding carboxylic acids is 2. The smallest absolute Gasteiger partial charge is 0.425 e. The van der Waals surface area contributed by atoms with Gasteiger partial charge in [-0.1, -0.05) is 24.6 Å².